The van der Waals surface area contributed by atoms with E-state index in [1.807, 2.05) is 6.92 Å². The largest absolute Gasteiger partial charge is 0.497 e. The van der Waals surface area contributed by atoms with Crippen molar-refractivity contribution in [1.29, 1.82) is 0 Å². The van der Waals surface area contributed by atoms with Crippen LogP contribution in [-0.4, -0.2) is 33.3 Å². The average molecular weight is 287 g/mol. The van der Waals surface area contributed by atoms with Gasteiger partial charge in [-0.2, -0.15) is 0 Å². The highest BCUT2D eigenvalue weighted by Gasteiger charge is 2.23. The predicted octanol–water partition coefficient (Wildman–Crippen LogP) is 1.36. The van der Waals surface area contributed by atoms with E-state index in [2.05, 4.69) is 4.72 Å². The van der Waals surface area contributed by atoms with E-state index >= 15 is 0 Å². The second kappa shape index (κ2) is 6.36. The van der Waals surface area contributed by atoms with Crippen LogP contribution in [0.2, 0.25) is 0 Å². The summed E-state index contributed by atoms with van der Waals surface area (Å²) < 4.78 is 32.3. The van der Waals surface area contributed by atoms with Gasteiger partial charge in [-0.25, -0.2) is 13.1 Å². The zero-order valence-electron chi connectivity index (χ0n) is 11.7. The molecule has 0 aliphatic rings. The molecule has 1 atom stereocenters. The highest BCUT2D eigenvalue weighted by molar-refractivity contribution is 7.89. The smallest absolute Gasteiger partial charge is 0.241 e. The van der Waals surface area contributed by atoms with E-state index in [9.17, 15) is 8.42 Å². The summed E-state index contributed by atoms with van der Waals surface area (Å²) in [6.45, 7) is 5.05. The van der Waals surface area contributed by atoms with Crippen molar-refractivity contribution in [2.75, 3.05) is 13.7 Å². The Kier molecular flexibility index (Phi) is 5.34. The van der Waals surface area contributed by atoms with Gasteiger partial charge in [-0.1, -0.05) is 6.92 Å². The second-order valence-electron chi connectivity index (χ2n) is 4.50. The van der Waals surface area contributed by atoms with Crippen LogP contribution in [0.4, 0.5) is 0 Å². The first-order chi connectivity index (χ1) is 8.85. The van der Waals surface area contributed by atoms with E-state index in [-0.39, 0.29) is 11.5 Å². The molecule has 6 heteroatoms. The van der Waals surface area contributed by atoms with Crippen molar-refractivity contribution in [2.45, 2.75) is 38.1 Å². The van der Waals surface area contributed by atoms with Crippen molar-refractivity contribution in [3.63, 3.8) is 0 Å². The van der Waals surface area contributed by atoms with Crippen molar-refractivity contribution in [3.8, 4) is 5.75 Å². The molecule has 0 saturated carbocycles. The molecule has 0 aliphatic carbocycles. The lowest BCUT2D eigenvalue weighted by molar-refractivity contribution is 0.254. The quantitative estimate of drug-likeness (QED) is 0.828. The number of aliphatic hydroxyl groups excluding tert-OH is 1. The lowest BCUT2D eigenvalue weighted by Gasteiger charge is -2.17. The SMILES string of the molecule is CCC(CO)NS(=O)(=O)c1c(C)cc(OC)cc1C. The maximum absolute atomic E-state index is 12.3. The number of rotatable bonds is 6. The summed E-state index contributed by atoms with van der Waals surface area (Å²) in [5.74, 6) is 0.628. The van der Waals surface area contributed by atoms with E-state index in [0.29, 0.717) is 23.3 Å². The second-order valence-corrected chi connectivity index (χ2v) is 6.15. The fraction of sp³-hybridized carbons (Fsp3) is 0.538. The van der Waals surface area contributed by atoms with Gasteiger partial charge in [0.05, 0.1) is 18.6 Å². The zero-order valence-corrected chi connectivity index (χ0v) is 12.5. The fourth-order valence-electron chi connectivity index (χ4n) is 1.98. The van der Waals surface area contributed by atoms with E-state index in [0.717, 1.165) is 0 Å². The van der Waals surface area contributed by atoms with Gasteiger partial charge in [0.15, 0.2) is 0 Å². The Morgan fingerprint density at radius 3 is 2.21 bits per heavy atom. The molecule has 19 heavy (non-hydrogen) atoms. The topological polar surface area (TPSA) is 75.6 Å². The van der Waals surface area contributed by atoms with Crippen molar-refractivity contribution in [1.82, 2.24) is 4.72 Å². The molecule has 0 radical (unpaired) electrons. The molecular weight excluding hydrogens is 266 g/mol. The molecule has 0 aromatic heterocycles. The molecule has 0 aliphatic heterocycles. The van der Waals surface area contributed by atoms with Gasteiger partial charge in [0.1, 0.15) is 5.75 Å². The highest BCUT2D eigenvalue weighted by Crippen LogP contribution is 2.25. The van der Waals surface area contributed by atoms with E-state index in [1.54, 1.807) is 33.1 Å². The number of aryl methyl sites for hydroxylation is 2. The Bertz CT molecular complexity index is 513. The summed E-state index contributed by atoms with van der Waals surface area (Å²) in [7, 11) is -2.09. The molecule has 1 rings (SSSR count). The van der Waals surface area contributed by atoms with Crippen molar-refractivity contribution < 1.29 is 18.3 Å². The predicted molar refractivity (Wildman–Crippen MR) is 74.0 cm³/mol. The third kappa shape index (κ3) is 3.68. The molecule has 0 heterocycles. The molecule has 2 N–H and O–H groups in total. The van der Waals surface area contributed by atoms with Crippen LogP contribution in [0.25, 0.3) is 0 Å². The molecule has 1 aromatic carbocycles. The molecule has 1 unspecified atom stereocenters. The number of benzene rings is 1. The summed E-state index contributed by atoms with van der Waals surface area (Å²) in [4.78, 5) is 0.250. The maximum Gasteiger partial charge on any atom is 0.241 e. The van der Waals surface area contributed by atoms with Gasteiger partial charge in [-0.3, -0.25) is 0 Å². The van der Waals surface area contributed by atoms with Gasteiger partial charge in [0.25, 0.3) is 0 Å². The Hall–Kier alpha value is -1.11. The van der Waals surface area contributed by atoms with Crippen LogP contribution < -0.4 is 9.46 Å². The molecule has 1 aromatic rings. The van der Waals surface area contributed by atoms with Gasteiger partial charge in [-0.05, 0) is 43.5 Å². The first kappa shape index (κ1) is 15.9. The van der Waals surface area contributed by atoms with Gasteiger partial charge < -0.3 is 9.84 Å². The minimum absolute atomic E-state index is 0.218. The zero-order chi connectivity index (χ0) is 14.6. The standard InChI is InChI=1S/C13H21NO4S/c1-5-11(8-15)14-19(16,17)13-9(2)6-12(18-4)7-10(13)3/h6-7,11,14-15H,5,8H2,1-4H3. The van der Waals surface area contributed by atoms with Crippen LogP contribution in [0, 0.1) is 13.8 Å². The molecule has 0 spiro atoms. The van der Waals surface area contributed by atoms with E-state index in [1.165, 1.54) is 0 Å². The van der Waals surface area contributed by atoms with Crippen LogP contribution in [0.3, 0.4) is 0 Å². The number of hydrogen-bond acceptors (Lipinski definition) is 4. The molecule has 108 valence electrons. The van der Waals surface area contributed by atoms with Gasteiger partial charge in [0, 0.05) is 6.04 Å². The molecule has 0 amide bonds. The Morgan fingerprint density at radius 1 is 1.32 bits per heavy atom. The Labute approximate surface area is 114 Å². The number of ether oxygens (including phenoxy) is 1. The first-order valence-electron chi connectivity index (χ1n) is 6.14. The van der Waals surface area contributed by atoms with Gasteiger partial charge >= 0.3 is 0 Å². The maximum atomic E-state index is 12.3. The van der Waals surface area contributed by atoms with Crippen molar-refractivity contribution >= 4 is 10.0 Å². The van der Waals surface area contributed by atoms with Crippen LogP contribution in [-0.2, 0) is 10.0 Å². The summed E-state index contributed by atoms with van der Waals surface area (Å²) in [5.41, 5.74) is 1.24. The van der Waals surface area contributed by atoms with Crippen molar-refractivity contribution in [3.05, 3.63) is 23.3 Å². The van der Waals surface area contributed by atoms with E-state index in [4.69, 9.17) is 9.84 Å². The van der Waals surface area contributed by atoms with Crippen LogP contribution in [0.15, 0.2) is 17.0 Å². The molecule has 0 bridgehead atoms. The first-order valence-corrected chi connectivity index (χ1v) is 7.62. The normalized spacial score (nSPS) is 13.3. The lowest BCUT2D eigenvalue weighted by Crippen LogP contribution is -2.37. The monoisotopic (exact) mass is 287 g/mol. The third-order valence-electron chi connectivity index (χ3n) is 2.97. The van der Waals surface area contributed by atoms with Crippen LogP contribution >= 0.6 is 0 Å². The number of hydrogen-bond donors (Lipinski definition) is 2. The van der Waals surface area contributed by atoms with Crippen molar-refractivity contribution in [2.24, 2.45) is 0 Å². The average Bonchev–Trinajstić information content (AvgIpc) is 2.34. The van der Waals surface area contributed by atoms with Gasteiger partial charge in [0.2, 0.25) is 10.0 Å². The third-order valence-corrected chi connectivity index (χ3v) is 4.80. The number of aliphatic hydroxyl groups is 1. The minimum atomic E-state index is -3.64. The van der Waals surface area contributed by atoms with Crippen LogP contribution in [0.5, 0.6) is 5.75 Å². The van der Waals surface area contributed by atoms with E-state index < -0.39 is 16.1 Å². The molecular formula is C13H21NO4S. The molecule has 0 saturated heterocycles. The molecule has 5 nitrogen and oxygen atoms in total. The number of nitrogens with one attached hydrogen (secondary N) is 1. The summed E-state index contributed by atoms with van der Waals surface area (Å²) in [6, 6.07) is 2.90. The Morgan fingerprint density at radius 2 is 1.84 bits per heavy atom. The number of methoxy groups -OCH3 is 1. The van der Waals surface area contributed by atoms with Crippen LogP contribution in [0.1, 0.15) is 24.5 Å². The van der Waals surface area contributed by atoms with Gasteiger partial charge in [-0.15, -0.1) is 0 Å². The minimum Gasteiger partial charge on any atom is -0.497 e. The fourth-order valence-corrected chi connectivity index (χ4v) is 3.74. The Balaban J connectivity index is 3.22. The number of sulfonamides is 1. The highest BCUT2D eigenvalue weighted by atomic mass is 32.2. The summed E-state index contributed by atoms with van der Waals surface area (Å²) >= 11 is 0. The summed E-state index contributed by atoms with van der Waals surface area (Å²) in [6.07, 6.45) is 0.532. The molecule has 0 fully saturated rings. The summed E-state index contributed by atoms with van der Waals surface area (Å²) in [5, 5.41) is 9.11. The lowest BCUT2D eigenvalue weighted by atomic mass is 10.1.